The van der Waals surface area contributed by atoms with E-state index in [-0.39, 0.29) is 29.0 Å². The van der Waals surface area contributed by atoms with Gasteiger partial charge in [0.15, 0.2) is 0 Å². The van der Waals surface area contributed by atoms with Crippen molar-refractivity contribution in [1.29, 1.82) is 0 Å². The summed E-state index contributed by atoms with van der Waals surface area (Å²) in [6.45, 7) is 0. The second-order valence-electron chi connectivity index (χ2n) is 0.872. The Morgan fingerprint density at radius 3 is 1.60 bits per heavy atom. The van der Waals surface area contributed by atoms with Gasteiger partial charge in [-0.3, -0.25) is 0 Å². The molecular formula is C3H14GeNO5. The molecule has 6 nitrogen and oxygen atoms in total. The van der Waals surface area contributed by atoms with Crippen LogP contribution < -0.4 is 11.3 Å². The maximum Gasteiger partial charge on any atom is -0.369 e. The van der Waals surface area contributed by atoms with Crippen LogP contribution in [0.2, 0.25) is 5.25 Å². The number of hydrogen-bond donors (Lipinski definition) is 1. The van der Waals surface area contributed by atoms with Gasteiger partial charge in [-0.05, 0) is 0 Å². The molecule has 0 rings (SSSR count). The Morgan fingerprint density at radius 2 is 1.60 bits per heavy atom. The van der Waals surface area contributed by atoms with E-state index in [0.717, 1.165) is 0 Å². The van der Waals surface area contributed by atoms with Gasteiger partial charge in [-0.1, -0.05) is 0 Å². The van der Waals surface area contributed by atoms with E-state index in [1.165, 1.54) is 0 Å². The van der Waals surface area contributed by atoms with Crippen molar-refractivity contribution in [3.8, 4) is 0 Å². The molecule has 0 aliphatic heterocycles. The molecule has 65 valence electrons. The molecular weight excluding hydrogens is 203 g/mol. The fraction of sp³-hybridized carbons (Fsp3) is 0.667. The van der Waals surface area contributed by atoms with Gasteiger partial charge >= 0.3 is 44.1 Å². The van der Waals surface area contributed by atoms with Crippen molar-refractivity contribution >= 4 is 22.5 Å². The van der Waals surface area contributed by atoms with E-state index in [1.807, 2.05) is 0 Å². The second-order valence-corrected chi connectivity index (χ2v) is 1.92. The minimum absolute atomic E-state index is 0. The molecule has 0 atom stereocenters. The van der Waals surface area contributed by atoms with Gasteiger partial charge in [-0.15, -0.1) is 0 Å². The molecule has 0 saturated carbocycles. The first-order chi connectivity index (χ1) is 2.77. The Labute approximate surface area is 67.3 Å². The van der Waals surface area contributed by atoms with E-state index in [1.54, 1.807) is 16.5 Å². The fourth-order valence-corrected chi connectivity index (χ4v) is 0.530. The van der Waals surface area contributed by atoms with Gasteiger partial charge in [-0.2, -0.15) is 0 Å². The maximum absolute atomic E-state index is 9.49. The summed E-state index contributed by atoms with van der Waals surface area (Å²) in [5.41, 5.74) is 0. The van der Waals surface area contributed by atoms with Gasteiger partial charge in [0.1, 0.15) is 0 Å². The van der Waals surface area contributed by atoms with Gasteiger partial charge in [0.05, 0.1) is 0 Å². The fourth-order valence-electron chi connectivity index (χ4n) is 0.102. The average molecular weight is 217 g/mol. The SMILES string of the molecule is O.O.O.O=C([O-])C[CH2][Ge].[NH4+]. The Kier molecular flexibility index (Phi) is 76.0. The summed E-state index contributed by atoms with van der Waals surface area (Å²) in [7, 11) is 0. The predicted octanol–water partition coefficient (Wildman–Crippen LogP) is -3.38. The van der Waals surface area contributed by atoms with E-state index in [0.29, 0.717) is 5.25 Å². The van der Waals surface area contributed by atoms with Crippen molar-refractivity contribution in [2.75, 3.05) is 0 Å². The molecule has 3 radical (unpaired) electrons. The average Bonchev–Trinajstić information content (AvgIpc) is 1.35. The second kappa shape index (κ2) is 23.2. The molecule has 10 heavy (non-hydrogen) atoms. The largest absolute Gasteiger partial charge is 0.369 e. The zero-order valence-corrected chi connectivity index (χ0v) is 7.83. The van der Waals surface area contributed by atoms with E-state index in [2.05, 4.69) is 0 Å². The third kappa shape index (κ3) is 45.3. The molecule has 0 aliphatic carbocycles. The summed E-state index contributed by atoms with van der Waals surface area (Å²) in [6.07, 6.45) is 0.181. The summed E-state index contributed by atoms with van der Waals surface area (Å²) in [5, 5.41) is 10.2. The number of carbonyl (C=O) groups is 1. The van der Waals surface area contributed by atoms with E-state index < -0.39 is 5.97 Å². The van der Waals surface area contributed by atoms with Crippen LogP contribution in [0.3, 0.4) is 0 Å². The molecule has 0 saturated heterocycles. The normalized spacial score (nSPS) is 4.90. The molecule has 0 bridgehead atoms. The molecule has 0 aliphatic rings. The van der Waals surface area contributed by atoms with Crippen LogP contribution in [0, 0.1) is 0 Å². The first kappa shape index (κ1) is 32.8. The van der Waals surface area contributed by atoms with Crippen molar-refractivity contribution in [3.05, 3.63) is 0 Å². The number of carboxylic acid groups (broad SMARTS) is 1. The number of hydrogen-bond acceptors (Lipinski definition) is 2. The number of carboxylic acids is 1. The van der Waals surface area contributed by atoms with Gasteiger partial charge in [0.2, 0.25) is 0 Å². The molecule has 0 spiro atoms. The smallest absolute Gasteiger partial charge is 0.369 e. The molecule has 0 unspecified atom stereocenters. The molecule has 0 heterocycles. The first-order valence-corrected chi connectivity index (χ1v) is 3.10. The van der Waals surface area contributed by atoms with Crippen LogP contribution in [0.4, 0.5) is 0 Å². The van der Waals surface area contributed by atoms with E-state index >= 15 is 0 Å². The summed E-state index contributed by atoms with van der Waals surface area (Å²) in [6, 6.07) is 0. The molecule has 0 aromatic heterocycles. The van der Waals surface area contributed by atoms with E-state index in [4.69, 9.17) is 0 Å². The minimum atomic E-state index is -0.961. The number of rotatable bonds is 2. The van der Waals surface area contributed by atoms with Crippen LogP contribution in [-0.4, -0.2) is 38.9 Å². The number of aliphatic carboxylic acids is 1. The summed E-state index contributed by atoms with van der Waals surface area (Å²) in [5.74, 6) is -0.961. The van der Waals surface area contributed by atoms with Crippen LogP contribution in [0.15, 0.2) is 0 Å². The van der Waals surface area contributed by atoms with Crippen molar-refractivity contribution < 1.29 is 26.3 Å². The predicted molar refractivity (Wildman–Crippen MR) is 37.0 cm³/mol. The van der Waals surface area contributed by atoms with Crippen LogP contribution in [-0.2, 0) is 4.79 Å². The van der Waals surface area contributed by atoms with Crippen LogP contribution >= 0.6 is 0 Å². The van der Waals surface area contributed by atoms with Crippen molar-refractivity contribution in [1.82, 2.24) is 6.15 Å². The minimum Gasteiger partial charge on any atom is -0.369 e. The zero-order chi connectivity index (χ0) is 4.99. The summed E-state index contributed by atoms with van der Waals surface area (Å²) >= 11 is 1.80. The van der Waals surface area contributed by atoms with Gasteiger partial charge in [0, 0.05) is 0 Å². The molecule has 0 fully saturated rings. The third-order valence-corrected chi connectivity index (χ3v) is 0.854. The number of carbonyl (C=O) groups excluding carboxylic acids is 1. The molecule has 0 aromatic carbocycles. The Bertz CT molecular complexity index is 60.9. The van der Waals surface area contributed by atoms with Crippen molar-refractivity contribution in [2.24, 2.45) is 0 Å². The Hall–Kier alpha value is -0.147. The van der Waals surface area contributed by atoms with E-state index in [9.17, 15) is 9.90 Å². The van der Waals surface area contributed by atoms with Gasteiger partial charge in [-0.25, -0.2) is 0 Å². The third-order valence-electron chi connectivity index (χ3n) is 0.329. The maximum atomic E-state index is 9.49. The molecule has 0 amide bonds. The Balaban J connectivity index is -0.0000000208. The molecule has 7 heteroatoms. The van der Waals surface area contributed by atoms with Crippen LogP contribution in [0.5, 0.6) is 0 Å². The topological polar surface area (TPSA) is 171 Å². The monoisotopic (exact) mass is 218 g/mol. The van der Waals surface area contributed by atoms with Crippen LogP contribution in [0.1, 0.15) is 6.42 Å². The standard InChI is InChI=1S/C3H5GeO2.H3N.3H2O/c4-2-1-3(5)6;;;;/h1-2H2,(H,5,6);1H3;3*1H2. The zero-order valence-electron chi connectivity index (χ0n) is 5.73. The molecule has 10 N–H and O–H groups in total. The van der Waals surface area contributed by atoms with Gasteiger partial charge in [0.25, 0.3) is 0 Å². The first-order valence-electron chi connectivity index (χ1n) is 1.62. The molecule has 0 aromatic rings. The van der Waals surface area contributed by atoms with Crippen molar-refractivity contribution in [2.45, 2.75) is 11.7 Å². The van der Waals surface area contributed by atoms with Crippen molar-refractivity contribution in [3.63, 3.8) is 0 Å². The quantitative estimate of drug-likeness (QED) is 0.475. The van der Waals surface area contributed by atoms with Gasteiger partial charge < -0.3 is 22.6 Å². The van der Waals surface area contributed by atoms with Crippen LogP contribution in [0.25, 0.3) is 0 Å². The number of quaternary nitrogens is 1. The summed E-state index contributed by atoms with van der Waals surface area (Å²) < 4.78 is 0. The Morgan fingerprint density at radius 1 is 1.30 bits per heavy atom. The summed E-state index contributed by atoms with van der Waals surface area (Å²) in [4.78, 5) is 9.49.